The monoisotopic (exact) mass is 274 g/mol. The van der Waals surface area contributed by atoms with Crippen molar-refractivity contribution in [3.8, 4) is 0 Å². The Morgan fingerprint density at radius 1 is 1.30 bits per heavy atom. The molecule has 3 rings (SSSR count). The number of hydrogen-bond donors (Lipinski definition) is 1. The topological polar surface area (TPSA) is 69.6 Å². The number of anilines is 1. The first-order chi connectivity index (χ1) is 9.58. The summed E-state index contributed by atoms with van der Waals surface area (Å²) in [4.78, 5) is 24.7. The molecule has 1 aliphatic carbocycles. The predicted octanol–water partition coefficient (Wildman–Crippen LogP) is 0.399. The maximum atomic E-state index is 11.9. The quantitative estimate of drug-likeness (QED) is 0.787. The largest absolute Gasteiger partial charge is 0.437 e. The minimum Gasteiger partial charge on any atom is -0.437 e. The zero-order valence-corrected chi connectivity index (χ0v) is 11.9. The number of carbonyl (C=O) groups is 1. The van der Waals surface area contributed by atoms with Crippen molar-refractivity contribution in [2.24, 2.45) is 0 Å². The van der Waals surface area contributed by atoms with Gasteiger partial charge in [-0.15, -0.1) is 0 Å². The van der Waals surface area contributed by atoms with E-state index in [0.717, 1.165) is 37.6 Å². The Hall–Kier alpha value is -1.47. The van der Waals surface area contributed by atoms with Crippen LogP contribution in [0.15, 0.2) is 6.33 Å². The fraction of sp³-hybridized carbons (Fsp3) is 0.615. The summed E-state index contributed by atoms with van der Waals surface area (Å²) in [7, 11) is -0.409. The highest BCUT2D eigenvalue weighted by Crippen LogP contribution is 2.37. The van der Waals surface area contributed by atoms with E-state index in [1.807, 2.05) is 4.81 Å². The Balaban J connectivity index is 1.85. The second-order valence-electron chi connectivity index (χ2n) is 5.64. The van der Waals surface area contributed by atoms with Crippen molar-refractivity contribution >= 4 is 18.7 Å². The van der Waals surface area contributed by atoms with Crippen LogP contribution in [-0.2, 0) is 0 Å². The van der Waals surface area contributed by atoms with Crippen LogP contribution < -0.4 is 4.90 Å². The molecule has 0 saturated carbocycles. The van der Waals surface area contributed by atoms with Crippen molar-refractivity contribution in [2.45, 2.75) is 26.1 Å². The first-order valence-electron chi connectivity index (χ1n) is 7.13. The van der Waals surface area contributed by atoms with E-state index in [9.17, 15) is 9.82 Å². The van der Waals surface area contributed by atoms with Gasteiger partial charge in [-0.05, 0) is 12.7 Å². The predicted molar refractivity (Wildman–Crippen MR) is 77.0 cm³/mol. The van der Waals surface area contributed by atoms with Gasteiger partial charge >= 0.3 is 7.05 Å². The smallest absolute Gasteiger partial charge is 0.376 e. The molecule has 1 saturated heterocycles. The lowest BCUT2D eigenvalue weighted by atomic mass is 9.84. The van der Waals surface area contributed by atoms with Gasteiger partial charge in [-0.3, -0.25) is 4.79 Å². The van der Waals surface area contributed by atoms with E-state index < -0.39 is 7.05 Å². The van der Waals surface area contributed by atoms with Gasteiger partial charge in [0.2, 0.25) is 0 Å². The number of carbonyl (C=O) groups excluding carboxylic acids is 1. The summed E-state index contributed by atoms with van der Waals surface area (Å²) < 4.78 is 0. The van der Waals surface area contributed by atoms with Gasteiger partial charge in [-0.25, -0.2) is 9.97 Å². The number of nitrogens with zero attached hydrogens (tertiary/aromatic N) is 4. The molecule has 1 N–H and O–H groups in total. The molecule has 2 heterocycles. The SMILES string of the molecule is CB(O)N1CCN(c2ncnc3c2[C@H](C)CC3=O)CC1. The first-order valence-corrected chi connectivity index (χ1v) is 7.13. The van der Waals surface area contributed by atoms with E-state index in [1.165, 1.54) is 6.33 Å². The van der Waals surface area contributed by atoms with Gasteiger partial charge in [0.25, 0.3) is 0 Å². The molecule has 0 amide bonds. The highest BCUT2D eigenvalue weighted by Gasteiger charge is 2.33. The van der Waals surface area contributed by atoms with Gasteiger partial charge < -0.3 is 14.7 Å². The number of piperazine rings is 1. The third-order valence-corrected chi connectivity index (χ3v) is 4.25. The first kappa shape index (κ1) is 13.5. The molecule has 0 bridgehead atoms. The molecule has 106 valence electrons. The second-order valence-corrected chi connectivity index (χ2v) is 5.64. The molecule has 1 aliphatic heterocycles. The van der Waals surface area contributed by atoms with Crippen LogP contribution >= 0.6 is 0 Å². The van der Waals surface area contributed by atoms with Crippen LogP contribution in [0, 0.1) is 0 Å². The average molecular weight is 274 g/mol. The zero-order valence-electron chi connectivity index (χ0n) is 11.9. The van der Waals surface area contributed by atoms with Crippen molar-refractivity contribution in [1.82, 2.24) is 14.8 Å². The minimum atomic E-state index is -0.409. The van der Waals surface area contributed by atoms with E-state index >= 15 is 0 Å². The Bertz CT molecular complexity index is 529. The van der Waals surface area contributed by atoms with Gasteiger partial charge in [-0.1, -0.05) is 6.92 Å². The number of hydrogen-bond acceptors (Lipinski definition) is 6. The third-order valence-electron chi connectivity index (χ3n) is 4.25. The lowest BCUT2D eigenvalue weighted by molar-refractivity contribution is 0.0986. The fourth-order valence-corrected chi connectivity index (χ4v) is 3.10. The maximum absolute atomic E-state index is 11.9. The summed E-state index contributed by atoms with van der Waals surface area (Å²) in [6.45, 7) is 7.09. The van der Waals surface area contributed by atoms with Crippen LogP contribution in [-0.4, -0.2) is 58.8 Å². The van der Waals surface area contributed by atoms with Crippen LogP contribution in [0.4, 0.5) is 5.82 Å². The molecular formula is C13H19BN4O2. The van der Waals surface area contributed by atoms with E-state index in [1.54, 1.807) is 6.82 Å². The molecule has 0 radical (unpaired) electrons. The van der Waals surface area contributed by atoms with Gasteiger partial charge in [0.05, 0.1) is 0 Å². The summed E-state index contributed by atoms with van der Waals surface area (Å²) in [5.41, 5.74) is 1.60. The maximum Gasteiger partial charge on any atom is 0.376 e. The molecule has 1 aromatic heterocycles. The lowest BCUT2D eigenvalue weighted by Gasteiger charge is -2.36. The fourth-order valence-electron chi connectivity index (χ4n) is 3.10. The normalized spacial score (nSPS) is 23.1. The van der Waals surface area contributed by atoms with Gasteiger partial charge in [0.15, 0.2) is 5.78 Å². The molecule has 6 nitrogen and oxygen atoms in total. The number of ketones is 1. The molecule has 1 atom stereocenters. The van der Waals surface area contributed by atoms with Gasteiger partial charge in [0.1, 0.15) is 17.8 Å². The molecule has 1 aromatic rings. The lowest BCUT2D eigenvalue weighted by Crippen LogP contribution is -2.52. The van der Waals surface area contributed by atoms with Gasteiger partial charge in [-0.2, -0.15) is 0 Å². The zero-order chi connectivity index (χ0) is 14.3. The third kappa shape index (κ3) is 2.21. The molecular weight excluding hydrogens is 255 g/mol. The molecule has 0 aromatic carbocycles. The van der Waals surface area contributed by atoms with Crippen LogP contribution in [0.2, 0.25) is 6.82 Å². The Morgan fingerprint density at radius 2 is 2.00 bits per heavy atom. The molecule has 2 aliphatic rings. The molecule has 0 spiro atoms. The van der Waals surface area contributed by atoms with Gasteiger partial charge in [0, 0.05) is 38.2 Å². The van der Waals surface area contributed by atoms with Crippen molar-refractivity contribution in [2.75, 3.05) is 31.1 Å². The van der Waals surface area contributed by atoms with Crippen LogP contribution in [0.5, 0.6) is 0 Å². The minimum absolute atomic E-state index is 0.124. The molecule has 0 unspecified atom stereocenters. The standard InChI is InChI=1S/C13H19BN4O2/c1-9-7-10(19)12-11(9)13(16-8-15-12)17-3-5-18(6-4-17)14(2)20/h8-9,20H,3-7H2,1-2H3/t9-/m1/s1. The molecule has 1 fully saturated rings. The number of aromatic nitrogens is 2. The summed E-state index contributed by atoms with van der Waals surface area (Å²) >= 11 is 0. The molecule has 7 heteroatoms. The average Bonchev–Trinajstić information content (AvgIpc) is 2.74. The van der Waals surface area contributed by atoms with Crippen LogP contribution in [0.3, 0.4) is 0 Å². The Morgan fingerprint density at radius 3 is 2.65 bits per heavy atom. The van der Waals surface area contributed by atoms with E-state index in [2.05, 4.69) is 21.8 Å². The van der Waals surface area contributed by atoms with Crippen molar-refractivity contribution in [1.29, 1.82) is 0 Å². The van der Waals surface area contributed by atoms with Crippen molar-refractivity contribution in [3.05, 3.63) is 17.6 Å². The van der Waals surface area contributed by atoms with Crippen LogP contribution in [0.1, 0.15) is 35.3 Å². The Kier molecular flexibility index (Phi) is 3.47. The van der Waals surface area contributed by atoms with E-state index in [4.69, 9.17) is 0 Å². The highest BCUT2D eigenvalue weighted by molar-refractivity contribution is 6.45. The second kappa shape index (κ2) is 5.14. The number of fused-ring (bicyclic) bond motifs is 1. The summed E-state index contributed by atoms with van der Waals surface area (Å²) in [5, 5.41) is 9.60. The van der Waals surface area contributed by atoms with Crippen molar-refractivity contribution in [3.63, 3.8) is 0 Å². The summed E-state index contributed by atoms with van der Waals surface area (Å²) in [5.74, 6) is 1.22. The van der Waals surface area contributed by atoms with Crippen molar-refractivity contribution < 1.29 is 9.82 Å². The van der Waals surface area contributed by atoms with Crippen LogP contribution in [0.25, 0.3) is 0 Å². The molecule has 20 heavy (non-hydrogen) atoms. The number of rotatable bonds is 2. The summed E-state index contributed by atoms with van der Waals surface area (Å²) in [6, 6.07) is 0. The van der Waals surface area contributed by atoms with E-state index in [0.29, 0.717) is 12.1 Å². The number of Topliss-reactive ketones (excluding diaryl/α,β-unsaturated/α-hetero) is 1. The highest BCUT2D eigenvalue weighted by atomic mass is 16.2. The summed E-state index contributed by atoms with van der Waals surface area (Å²) in [6.07, 6.45) is 2.03. The Labute approximate surface area is 118 Å². The van der Waals surface area contributed by atoms with E-state index in [-0.39, 0.29) is 11.7 Å².